The zero-order chi connectivity index (χ0) is 17.8. The zero-order valence-electron chi connectivity index (χ0n) is 13.8. The van der Waals surface area contributed by atoms with E-state index in [9.17, 15) is 0 Å². The predicted molar refractivity (Wildman–Crippen MR) is 90.4 cm³/mol. The molecule has 0 aliphatic rings. The first-order valence-electron chi connectivity index (χ1n) is 7.78. The van der Waals surface area contributed by atoms with E-state index in [-0.39, 0.29) is 6.61 Å². The van der Waals surface area contributed by atoms with Crippen molar-refractivity contribution in [1.29, 1.82) is 0 Å². The van der Waals surface area contributed by atoms with Gasteiger partial charge < -0.3 is 18.4 Å². The van der Waals surface area contributed by atoms with Crippen LogP contribution in [0.3, 0.4) is 0 Å². The number of methoxy groups -OCH3 is 1. The minimum Gasteiger partial charge on any atom is -0.497 e. The molecule has 2 aromatic carbocycles. The molecule has 26 heavy (non-hydrogen) atoms. The van der Waals surface area contributed by atoms with E-state index in [0.717, 1.165) is 16.9 Å². The lowest BCUT2D eigenvalue weighted by atomic mass is 10.2. The molecule has 0 aliphatic carbocycles. The van der Waals surface area contributed by atoms with E-state index in [4.69, 9.17) is 18.4 Å². The van der Waals surface area contributed by atoms with Gasteiger partial charge in [-0.1, -0.05) is 5.16 Å². The van der Waals surface area contributed by atoms with E-state index >= 15 is 0 Å². The lowest BCUT2D eigenvalue weighted by Gasteiger charge is -2.03. The van der Waals surface area contributed by atoms with Gasteiger partial charge in [0.1, 0.15) is 11.5 Å². The van der Waals surface area contributed by atoms with Crippen LogP contribution in [0.5, 0.6) is 11.5 Å². The Labute approximate surface area is 148 Å². The highest BCUT2D eigenvalue weighted by Crippen LogP contribution is 2.22. The molecule has 0 unspecified atom stereocenters. The summed E-state index contributed by atoms with van der Waals surface area (Å²) in [6.45, 7) is 0.170. The summed E-state index contributed by atoms with van der Waals surface area (Å²) in [5.74, 6) is 2.77. The number of benzene rings is 2. The Morgan fingerprint density at radius 2 is 1.65 bits per heavy atom. The van der Waals surface area contributed by atoms with Gasteiger partial charge in [-0.3, -0.25) is 0 Å². The highest BCUT2D eigenvalue weighted by Gasteiger charge is 2.10. The summed E-state index contributed by atoms with van der Waals surface area (Å²) in [6.07, 6.45) is 1.29. The monoisotopic (exact) mass is 350 g/mol. The van der Waals surface area contributed by atoms with Gasteiger partial charge in [0.15, 0.2) is 6.61 Å². The van der Waals surface area contributed by atoms with Crippen LogP contribution in [-0.4, -0.2) is 27.4 Å². The third-order valence-corrected chi connectivity index (χ3v) is 3.64. The van der Waals surface area contributed by atoms with E-state index in [2.05, 4.69) is 20.3 Å². The van der Waals surface area contributed by atoms with Gasteiger partial charge in [0.25, 0.3) is 5.89 Å². The van der Waals surface area contributed by atoms with Crippen molar-refractivity contribution in [3.8, 4) is 34.3 Å². The fourth-order valence-corrected chi connectivity index (χ4v) is 2.31. The van der Waals surface area contributed by atoms with Crippen LogP contribution in [0.2, 0.25) is 0 Å². The number of rotatable bonds is 6. The summed E-state index contributed by atoms with van der Waals surface area (Å²) >= 11 is 0. The first-order chi connectivity index (χ1) is 12.8. The van der Waals surface area contributed by atoms with Crippen LogP contribution >= 0.6 is 0 Å². The molecule has 130 valence electrons. The Balaban J connectivity index is 1.39. The van der Waals surface area contributed by atoms with E-state index in [0.29, 0.717) is 23.4 Å². The first-order valence-corrected chi connectivity index (χ1v) is 7.78. The maximum atomic E-state index is 5.67. The molecule has 2 aromatic heterocycles. The summed E-state index contributed by atoms with van der Waals surface area (Å²) in [6, 6.07) is 14.7. The van der Waals surface area contributed by atoms with Crippen molar-refractivity contribution in [1.82, 2.24) is 20.3 Å². The molecule has 4 aromatic rings. The van der Waals surface area contributed by atoms with Crippen molar-refractivity contribution in [2.45, 2.75) is 6.61 Å². The second-order valence-electron chi connectivity index (χ2n) is 5.30. The van der Waals surface area contributed by atoms with Crippen LogP contribution in [0.15, 0.2) is 63.9 Å². The fourth-order valence-electron chi connectivity index (χ4n) is 2.31. The lowest BCUT2D eigenvalue weighted by molar-refractivity contribution is 0.243. The fraction of sp³-hybridized carbons (Fsp3) is 0.111. The topological polar surface area (TPSA) is 96.3 Å². The van der Waals surface area contributed by atoms with E-state index in [1.54, 1.807) is 19.2 Å². The molecule has 0 N–H and O–H groups in total. The summed E-state index contributed by atoms with van der Waals surface area (Å²) in [5.41, 5.74) is 1.65. The SMILES string of the molecule is COc1ccc(-c2noc(COc3ccc(-c4nnco4)cc3)n2)cc1. The Bertz CT molecular complexity index is 963. The summed E-state index contributed by atoms with van der Waals surface area (Å²) < 4.78 is 21.2. The minimum absolute atomic E-state index is 0.170. The molecule has 0 spiro atoms. The Hall–Kier alpha value is -3.68. The number of ether oxygens (including phenoxy) is 2. The summed E-state index contributed by atoms with van der Waals surface area (Å²) in [7, 11) is 1.62. The lowest BCUT2D eigenvalue weighted by Crippen LogP contribution is -1.95. The Kier molecular flexibility index (Phi) is 4.29. The van der Waals surface area contributed by atoms with Crippen molar-refractivity contribution in [2.24, 2.45) is 0 Å². The quantitative estimate of drug-likeness (QED) is 0.522. The van der Waals surface area contributed by atoms with Gasteiger partial charge in [-0.15, -0.1) is 10.2 Å². The average molecular weight is 350 g/mol. The molecule has 0 amide bonds. The van der Waals surface area contributed by atoms with Crippen molar-refractivity contribution in [2.75, 3.05) is 7.11 Å². The van der Waals surface area contributed by atoms with E-state index in [1.807, 2.05) is 36.4 Å². The molecule has 2 heterocycles. The molecule has 0 radical (unpaired) electrons. The van der Waals surface area contributed by atoms with Crippen LogP contribution in [-0.2, 0) is 6.61 Å². The maximum absolute atomic E-state index is 5.67. The average Bonchev–Trinajstić information content (AvgIpc) is 3.39. The summed E-state index contributed by atoms with van der Waals surface area (Å²) in [4.78, 5) is 4.33. The van der Waals surface area contributed by atoms with Gasteiger partial charge in [-0.05, 0) is 48.5 Å². The van der Waals surface area contributed by atoms with Crippen LogP contribution < -0.4 is 9.47 Å². The van der Waals surface area contributed by atoms with Gasteiger partial charge in [0.2, 0.25) is 18.1 Å². The maximum Gasteiger partial charge on any atom is 0.264 e. The molecule has 0 aliphatic heterocycles. The Morgan fingerprint density at radius 3 is 2.35 bits per heavy atom. The van der Waals surface area contributed by atoms with Crippen molar-refractivity contribution in [3.63, 3.8) is 0 Å². The third kappa shape index (κ3) is 3.39. The molecular weight excluding hydrogens is 336 g/mol. The second-order valence-corrected chi connectivity index (χ2v) is 5.30. The molecule has 8 nitrogen and oxygen atoms in total. The minimum atomic E-state index is 0.170. The highest BCUT2D eigenvalue weighted by atomic mass is 16.5. The standard InChI is InChI=1S/C18H14N4O4/c1-23-14-6-2-12(3-7-14)17-20-16(26-22-17)10-24-15-8-4-13(5-9-15)18-21-19-11-25-18/h2-9,11H,10H2,1H3. The van der Waals surface area contributed by atoms with Crippen molar-refractivity contribution in [3.05, 3.63) is 60.8 Å². The van der Waals surface area contributed by atoms with Crippen LogP contribution in [0.4, 0.5) is 0 Å². The van der Waals surface area contributed by atoms with Gasteiger partial charge in [0.05, 0.1) is 7.11 Å². The molecule has 0 bridgehead atoms. The number of hydrogen-bond donors (Lipinski definition) is 0. The van der Waals surface area contributed by atoms with E-state index < -0.39 is 0 Å². The van der Waals surface area contributed by atoms with E-state index in [1.165, 1.54) is 6.39 Å². The van der Waals surface area contributed by atoms with Crippen LogP contribution in [0.1, 0.15) is 5.89 Å². The van der Waals surface area contributed by atoms with Crippen LogP contribution in [0.25, 0.3) is 22.8 Å². The van der Waals surface area contributed by atoms with Gasteiger partial charge in [-0.2, -0.15) is 4.98 Å². The van der Waals surface area contributed by atoms with Gasteiger partial charge in [0, 0.05) is 11.1 Å². The van der Waals surface area contributed by atoms with Crippen molar-refractivity contribution < 1.29 is 18.4 Å². The molecule has 0 saturated carbocycles. The van der Waals surface area contributed by atoms with Gasteiger partial charge in [-0.25, -0.2) is 0 Å². The molecule has 0 atom stereocenters. The van der Waals surface area contributed by atoms with Crippen molar-refractivity contribution >= 4 is 0 Å². The second kappa shape index (κ2) is 7.06. The molecule has 4 rings (SSSR count). The molecule has 8 heteroatoms. The zero-order valence-corrected chi connectivity index (χ0v) is 13.8. The molecular formula is C18H14N4O4. The largest absolute Gasteiger partial charge is 0.497 e. The normalized spacial score (nSPS) is 10.7. The molecule has 0 saturated heterocycles. The van der Waals surface area contributed by atoms with Crippen LogP contribution in [0, 0.1) is 0 Å². The third-order valence-electron chi connectivity index (χ3n) is 3.64. The van der Waals surface area contributed by atoms with Gasteiger partial charge >= 0.3 is 0 Å². The number of aromatic nitrogens is 4. The molecule has 0 fully saturated rings. The smallest absolute Gasteiger partial charge is 0.264 e. The first kappa shape index (κ1) is 15.8. The summed E-state index contributed by atoms with van der Waals surface area (Å²) in [5, 5.41) is 11.5. The predicted octanol–water partition coefficient (Wildman–Crippen LogP) is 3.37. The number of hydrogen-bond acceptors (Lipinski definition) is 8. The Morgan fingerprint density at radius 1 is 0.923 bits per heavy atom. The number of nitrogens with zero attached hydrogens (tertiary/aromatic N) is 4. The highest BCUT2D eigenvalue weighted by molar-refractivity contribution is 5.55.